The Morgan fingerprint density at radius 1 is 1.12 bits per heavy atom. The van der Waals surface area contributed by atoms with E-state index in [1.165, 1.54) is 13.1 Å². The highest BCUT2D eigenvalue weighted by atomic mass is 19.1. The van der Waals surface area contributed by atoms with Crippen LogP contribution in [0.3, 0.4) is 0 Å². The Kier molecular flexibility index (Phi) is 4.83. The summed E-state index contributed by atoms with van der Waals surface area (Å²) in [6.07, 6.45) is 0.0230. The van der Waals surface area contributed by atoms with Gasteiger partial charge in [0.1, 0.15) is 11.6 Å². The van der Waals surface area contributed by atoms with Gasteiger partial charge in [-0.15, -0.1) is 0 Å². The van der Waals surface area contributed by atoms with E-state index in [9.17, 15) is 18.4 Å². The smallest absolute Gasteiger partial charge is 0.359 e. The van der Waals surface area contributed by atoms with Gasteiger partial charge < -0.3 is 10.1 Å². The van der Waals surface area contributed by atoms with Gasteiger partial charge in [0.2, 0.25) is 0 Å². The molecule has 1 N–H and O–H groups in total. The van der Waals surface area contributed by atoms with Crippen molar-refractivity contribution in [2.75, 3.05) is 5.32 Å². The molecule has 0 aliphatic carbocycles. The summed E-state index contributed by atoms with van der Waals surface area (Å²) in [5.74, 6) is -3.31. The Bertz CT molecular complexity index is 994. The molecule has 1 amide bonds. The maximum atomic E-state index is 13.6. The van der Waals surface area contributed by atoms with Gasteiger partial charge in [-0.3, -0.25) is 9.78 Å². The first kappa shape index (κ1) is 17.4. The normalized spacial score (nSPS) is 11.8. The lowest BCUT2D eigenvalue weighted by Gasteiger charge is -2.13. The van der Waals surface area contributed by atoms with Gasteiger partial charge in [0.05, 0.1) is 22.9 Å². The zero-order valence-corrected chi connectivity index (χ0v) is 13.6. The first-order valence-corrected chi connectivity index (χ1v) is 7.63. The fourth-order valence-electron chi connectivity index (χ4n) is 2.16. The molecule has 3 aromatic rings. The lowest BCUT2D eigenvalue weighted by Crippen LogP contribution is -2.30. The molecular formula is C18H13F2N3O3. The molecule has 0 saturated carbocycles. The summed E-state index contributed by atoms with van der Waals surface area (Å²) in [5, 5.41) is 2.23. The van der Waals surface area contributed by atoms with Crippen molar-refractivity contribution < 1.29 is 23.1 Å². The van der Waals surface area contributed by atoms with Crippen LogP contribution in [0.4, 0.5) is 14.5 Å². The predicted octanol–water partition coefficient (Wildman–Crippen LogP) is 3.09. The molecule has 1 atom stereocenters. The van der Waals surface area contributed by atoms with Gasteiger partial charge >= 0.3 is 5.97 Å². The van der Waals surface area contributed by atoms with Crippen LogP contribution >= 0.6 is 0 Å². The van der Waals surface area contributed by atoms with Crippen LogP contribution in [0.2, 0.25) is 0 Å². The van der Waals surface area contributed by atoms with E-state index in [2.05, 4.69) is 15.3 Å². The average Bonchev–Trinajstić information content (AvgIpc) is 2.63. The molecule has 0 bridgehead atoms. The Morgan fingerprint density at radius 3 is 2.58 bits per heavy atom. The molecule has 1 heterocycles. The van der Waals surface area contributed by atoms with E-state index in [1.54, 1.807) is 24.3 Å². The lowest BCUT2D eigenvalue weighted by atomic mass is 10.2. The van der Waals surface area contributed by atoms with Crippen molar-refractivity contribution >= 4 is 28.6 Å². The van der Waals surface area contributed by atoms with Crippen molar-refractivity contribution in [2.45, 2.75) is 13.0 Å². The highest BCUT2D eigenvalue weighted by molar-refractivity contribution is 5.97. The van der Waals surface area contributed by atoms with Crippen molar-refractivity contribution in [3.8, 4) is 0 Å². The number of aromatic nitrogens is 2. The largest absolute Gasteiger partial charge is 0.448 e. The quantitative estimate of drug-likeness (QED) is 0.726. The van der Waals surface area contributed by atoms with Crippen molar-refractivity contribution in [2.24, 2.45) is 0 Å². The van der Waals surface area contributed by atoms with Crippen LogP contribution < -0.4 is 5.32 Å². The predicted molar refractivity (Wildman–Crippen MR) is 89.4 cm³/mol. The highest BCUT2D eigenvalue weighted by Crippen LogP contribution is 2.16. The summed E-state index contributed by atoms with van der Waals surface area (Å²) < 4.78 is 31.5. The number of para-hydroxylation sites is 2. The summed E-state index contributed by atoms with van der Waals surface area (Å²) in [5.41, 5.74) is 0.843. The number of amides is 1. The van der Waals surface area contributed by atoms with Gasteiger partial charge in [-0.2, -0.15) is 0 Å². The van der Waals surface area contributed by atoms with E-state index in [-0.39, 0.29) is 11.4 Å². The fraction of sp³-hybridized carbons (Fsp3) is 0.111. The van der Waals surface area contributed by atoms with Crippen LogP contribution in [-0.2, 0) is 9.53 Å². The Hall–Kier alpha value is -3.42. The third-order valence-corrected chi connectivity index (χ3v) is 3.50. The van der Waals surface area contributed by atoms with Crippen LogP contribution in [0, 0.1) is 11.6 Å². The topological polar surface area (TPSA) is 81.2 Å². The molecule has 3 rings (SSSR count). The van der Waals surface area contributed by atoms with Crippen LogP contribution in [0.1, 0.15) is 17.4 Å². The molecule has 6 nitrogen and oxygen atoms in total. The number of nitrogens with one attached hydrogen (secondary N) is 1. The number of nitrogens with zero attached hydrogens (tertiary/aromatic N) is 2. The number of carbonyl (C=O) groups is 2. The van der Waals surface area contributed by atoms with E-state index in [0.29, 0.717) is 17.1 Å². The fourth-order valence-corrected chi connectivity index (χ4v) is 2.16. The van der Waals surface area contributed by atoms with Gasteiger partial charge in [0, 0.05) is 6.07 Å². The molecule has 0 radical (unpaired) electrons. The number of fused-ring (bicyclic) bond motifs is 1. The van der Waals surface area contributed by atoms with Crippen LogP contribution in [0.5, 0.6) is 0 Å². The minimum absolute atomic E-state index is 0.0590. The lowest BCUT2D eigenvalue weighted by molar-refractivity contribution is -0.123. The Balaban J connectivity index is 1.68. The second kappa shape index (κ2) is 7.22. The van der Waals surface area contributed by atoms with Gasteiger partial charge in [-0.25, -0.2) is 18.6 Å². The number of rotatable bonds is 4. The van der Waals surface area contributed by atoms with Gasteiger partial charge in [0.15, 0.2) is 11.8 Å². The molecule has 0 fully saturated rings. The SMILES string of the molecule is CC(OC(=O)c1cnc2ccccc2n1)C(=O)Nc1ccc(F)cc1F. The highest BCUT2D eigenvalue weighted by Gasteiger charge is 2.21. The minimum Gasteiger partial charge on any atom is -0.448 e. The molecule has 0 aliphatic heterocycles. The zero-order valence-electron chi connectivity index (χ0n) is 13.6. The van der Waals surface area contributed by atoms with E-state index in [4.69, 9.17) is 4.74 Å². The van der Waals surface area contributed by atoms with E-state index >= 15 is 0 Å². The molecule has 2 aromatic carbocycles. The monoisotopic (exact) mass is 357 g/mol. The van der Waals surface area contributed by atoms with Gasteiger partial charge in [-0.1, -0.05) is 12.1 Å². The van der Waals surface area contributed by atoms with Crippen LogP contribution in [0.25, 0.3) is 11.0 Å². The maximum absolute atomic E-state index is 13.6. The van der Waals surface area contributed by atoms with E-state index < -0.39 is 29.6 Å². The molecular weight excluding hydrogens is 344 g/mol. The average molecular weight is 357 g/mol. The third-order valence-electron chi connectivity index (χ3n) is 3.50. The Labute approximate surface area is 146 Å². The summed E-state index contributed by atoms with van der Waals surface area (Å²) in [6, 6.07) is 9.68. The van der Waals surface area contributed by atoms with Crippen LogP contribution in [0.15, 0.2) is 48.7 Å². The van der Waals surface area contributed by atoms with Crippen molar-refractivity contribution in [1.82, 2.24) is 9.97 Å². The molecule has 1 unspecified atom stereocenters. The molecule has 8 heteroatoms. The number of benzene rings is 2. The second-order valence-electron chi connectivity index (χ2n) is 5.40. The number of carbonyl (C=O) groups excluding carboxylic acids is 2. The van der Waals surface area contributed by atoms with Gasteiger partial charge in [-0.05, 0) is 31.2 Å². The summed E-state index contributed by atoms with van der Waals surface area (Å²) in [6.45, 7) is 1.32. The summed E-state index contributed by atoms with van der Waals surface area (Å²) >= 11 is 0. The Morgan fingerprint density at radius 2 is 1.85 bits per heavy atom. The van der Waals surface area contributed by atoms with E-state index in [1.807, 2.05) is 0 Å². The first-order chi connectivity index (χ1) is 12.4. The van der Waals surface area contributed by atoms with Crippen LogP contribution in [-0.4, -0.2) is 27.9 Å². The number of esters is 1. The minimum atomic E-state index is -1.22. The summed E-state index contributed by atoms with van der Waals surface area (Å²) in [7, 11) is 0. The maximum Gasteiger partial charge on any atom is 0.359 e. The zero-order chi connectivity index (χ0) is 18.7. The molecule has 1 aromatic heterocycles. The number of hydrogen-bond acceptors (Lipinski definition) is 5. The molecule has 26 heavy (non-hydrogen) atoms. The molecule has 0 saturated heterocycles. The first-order valence-electron chi connectivity index (χ1n) is 7.63. The number of ether oxygens (including phenoxy) is 1. The standard InChI is InChI=1S/C18H13F2N3O3/c1-10(17(24)23-13-7-6-11(19)8-12(13)20)26-18(25)16-9-21-14-4-2-3-5-15(14)22-16/h2-10H,1H3,(H,23,24). The van der Waals surface area contributed by atoms with Gasteiger partial charge in [0.25, 0.3) is 5.91 Å². The van der Waals surface area contributed by atoms with Crippen molar-refractivity contribution in [3.63, 3.8) is 0 Å². The van der Waals surface area contributed by atoms with E-state index in [0.717, 1.165) is 12.1 Å². The summed E-state index contributed by atoms with van der Waals surface area (Å²) in [4.78, 5) is 32.4. The number of hydrogen-bond donors (Lipinski definition) is 1. The molecule has 132 valence electrons. The molecule has 0 spiro atoms. The van der Waals surface area contributed by atoms with Crippen molar-refractivity contribution in [3.05, 3.63) is 66.0 Å². The second-order valence-corrected chi connectivity index (χ2v) is 5.40. The molecule has 0 aliphatic rings. The number of halogens is 2. The van der Waals surface area contributed by atoms with Crippen molar-refractivity contribution in [1.29, 1.82) is 0 Å². The third kappa shape index (κ3) is 3.80. The number of anilines is 1.